The number of halogens is 1. The van der Waals surface area contributed by atoms with Gasteiger partial charge in [0.25, 0.3) is 0 Å². The molecule has 0 radical (unpaired) electrons. The van der Waals surface area contributed by atoms with Crippen molar-refractivity contribution in [3.05, 3.63) is 73.9 Å². The minimum absolute atomic E-state index is 0.106. The summed E-state index contributed by atoms with van der Waals surface area (Å²) in [6, 6.07) is 13.4. The van der Waals surface area contributed by atoms with Crippen LogP contribution in [0.1, 0.15) is 45.3 Å². The highest BCUT2D eigenvalue weighted by Gasteiger charge is 2.36. The second-order valence-corrected chi connectivity index (χ2v) is 9.97. The summed E-state index contributed by atoms with van der Waals surface area (Å²) in [7, 11) is 3.11. The summed E-state index contributed by atoms with van der Waals surface area (Å²) < 4.78 is 10.8. The molecule has 3 aromatic rings. The number of thiophene rings is 1. The molecule has 2 amide bonds. The van der Waals surface area contributed by atoms with Gasteiger partial charge in [-0.1, -0.05) is 41.9 Å². The van der Waals surface area contributed by atoms with Gasteiger partial charge in [0.05, 0.1) is 31.0 Å². The summed E-state index contributed by atoms with van der Waals surface area (Å²) in [5.74, 6) is 1.01. The van der Waals surface area contributed by atoms with Crippen molar-refractivity contribution >= 4 is 34.7 Å². The zero-order valence-electron chi connectivity index (χ0n) is 18.8. The number of carbonyl (C=O) groups excluding carboxylic acids is 1. The molecular weight excluding hydrogens is 456 g/mol. The first-order valence-electron chi connectivity index (χ1n) is 11.3. The zero-order valence-corrected chi connectivity index (χ0v) is 20.4. The minimum atomic E-state index is -0.166. The summed E-state index contributed by atoms with van der Waals surface area (Å²) in [6.07, 6.45) is 5.72. The van der Waals surface area contributed by atoms with E-state index in [-0.39, 0.29) is 12.1 Å². The molecule has 1 aliphatic heterocycles. The topological polar surface area (TPSA) is 50.8 Å². The molecule has 0 saturated carbocycles. The van der Waals surface area contributed by atoms with Crippen LogP contribution in [0, 0.1) is 0 Å². The van der Waals surface area contributed by atoms with Gasteiger partial charge in [0.1, 0.15) is 11.5 Å². The molecule has 1 N–H and O–H groups in total. The summed E-state index contributed by atoms with van der Waals surface area (Å²) in [4.78, 5) is 18.4. The summed E-state index contributed by atoms with van der Waals surface area (Å²) in [5.41, 5.74) is 4.67. The van der Waals surface area contributed by atoms with Crippen molar-refractivity contribution in [2.45, 2.75) is 38.1 Å². The van der Waals surface area contributed by atoms with E-state index in [9.17, 15) is 4.79 Å². The SMILES string of the molecule is COc1cc(OC)c(NC(=O)N2CCc3c(sc4c3CCCC4)[C@@H]2c2ccccc2)cc1Cl. The van der Waals surface area contributed by atoms with E-state index in [1.807, 2.05) is 34.4 Å². The van der Waals surface area contributed by atoms with E-state index in [1.165, 1.54) is 28.2 Å². The highest BCUT2D eigenvalue weighted by Crippen LogP contribution is 2.45. The lowest BCUT2D eigenvalue weighted by molar-refractivity contribution is 0.195. The fourth-order valence-corrected chi connectivity index (χ4v) is 6.81. The summed E-state index contributed by atoms with van der Waals surface area (Å²) in [6.45, 7) is 0.660. The summed E-state index contributed by atoms with van der Waals surface area (Å²) in [5, 5.41) is 3.46. The van der Waals surface area contributed by atoms with Crippen molar-refractivity contribution in [3.8, 4) is 11.5 Å². The van der Waals surface area contributed by atoms with E-state index < -0.39 is 0 Å². The Bertz CT molecular complexity index is 1180. The Kier molecular flexibility index (Phi) is 6.21. The molecule has 0 saturated heterocycles. The van der Waals surface area contributed by atoms with Gasteiger partial charge in [-0.25, -0.2) is 4.79 Å². The van der Waals surface area contributed by atoms with Crippen LogP contribution in [-0.2, 0) is 19.3 Å². The van der Waals surface area contributed by atoms with Gasteiger partial charge in [0, 0.05) is 22.4 Å². The van der Waals surface area contributed by atoms with Crippen molar-refractivity contribution in [2.75, 3.05) is 26.1 Å². The van der Waals surface area contributed by atoms with Crippen LogP contribution < -0.4 is 14.8 Å². The van der Waals surface area contributed by atoms with Crippen molar-refractivity contribution in [1.29, 1.82) is 0 Å². The molecule has 172 valence electrons. The van der Waals surface area contributed by atoms with Crippen LogP contribution in [0.2, 0.25) is 5.02 Å². The lowest BCUT2D eigenvalue weighted by Crippen LogP contribution is -2.42. The van der Waals surface area contributed by atoms with Crippen LogP contribution in [-0.4, -0.2) is 31.7 Å². The second kappa shape index (κ2) is 9.27. The Morgan fingerprint density at radius 2 is 1.79 bits per heavy atom. The standard InChI is InChI=1S/C26H27ClN2O3S/c1-31-21-15-22(32-2)20(14-19(21)27)28-26(30)29-13-12-18-17-10-6-7-11-23(17)33-25(18)24(29)16-8-4-3-5-9-16/h3-5,8-9,14-15,24H,6-7,10-13H2,1-2H3,(H,28,30)/t24-/m0/s1. The Hall–Kier alpha value is -2.70. The first-order valence-corrected chi connectivity index (χ1v) is 12.5. The van der Waals surface area contributed by atoms with Crippen LogP contribution >= 0.6 is 22.9 Å². The number of benzene rings is 2. The molecule has 7 heteroatoms. The Labute approximate surface area is 203 Å². The monoisotopic (exact) mass is 482 g/mol. The molecule has 0 fully saturated rings. The smallest absolute Gasteiger partial charge is 0.322 e. The number of ether oxygens (including phenoxy) is 2. The van der Waals surface area contributed by atoms with Gasteiger partial charge in [0.2, 0.25) is 0 Å². The number of hydrogen-bond donors (Lipinski definition) is 1. The molecule has 0 unspecified atom stereocenters. The third-order valence-electron chi connectivity index (χ3n) is 6.57. The van der Waals surface area contributed by atoms with Crippen molar-refractivity contribution in [2.24, 2.45) is 0 Å². The minimum Gasteiger partial charge on any atom is -0.495 e. The molecular formula is C26H27ClN2O3S. The second-order valence-electron chi connectivity index (χ2n) is 8.43. The first kappa shape index (κ1) is 22.1. The number of carbonyl (C=O) groups is 1. The Morgan fingerprint density at radius 3 is 2.55 bits per heavy atom. The van der Waals surface area contributed by atoms with Crippen LogP contribution in [0.4, 0.5) is 10.5 Å². The van der Waals surface area contributed by atoms with Crippen molar-refractivity contribution < 1.29 is 14.3 Å². The van der Waals surface area contributed by atoms with Crippen molar-refractivity contribution in [3.63, 3.8) is 0 Å². The van der Waals surface area contributed by atoms with Crippen molar-refractivity contribution in [1.82, 2.24) is 4.90 Å². The van der Waals surface area contributed by atoms with Gasteiger partial charge in [-0.2, -0.15) is 0 Å². The molecule has 1 aliphatic carbocycles. The molecule has 33 heavy (non-hydrogen) atoms. The molecule has 5 rings (SSSR count). The van der Waals surface area contributed by atoms with Gasteiger partial charge in [-0.05, 0) is 54.9 Å². The lowest BCUT2D eigenvalue weighted by atomic mass is 9.88. The molecule has 1 atom stereocenters. The summed E-state index contributed by atoms with van der Waals surface area (Å²) >= 11 is 8.23. The quantitative estimate of drug-likeness (QED) is 0.463. The lowest BCUT2D eigenvalue weighted by Gasteiger charge is -2.36. The Morgan fingerprint density at radius 1 is 1.03 bits per heavy atom. The predicted molar refractivity (Wildman–Crippen MR) is 133 cm³/mol. The number of rotatable bonds is 4. The first-order chi connectivity index (χ1) is 16.1. The predicted octanol–water partition coefficient (Wildman–Crippen LogP) is 6.48. The number of nitrogens with one attached hydrogen (secondary N) is 1. The number of fused-ring (bicyclic) bond motifs is 3. The average Bonchev–Trinajstić information content (AvgIpc) is 3.23. The largest absolute Gasteiger partial charge is 0.495 e. The van der Waals surface area contributed by atoms with Gasteiger partial charge >= 0.3 is 6.03 Å². The number of hydrogen-bond acceptors (Lipinski definition) is 4. The van der Waals surface area contributed by atoms with Crippen LogP contribution in [0.25, 0.3) is 0 Å². The number of nitrogens with zero attached hydrogens (tertiary/aromatic N) is 1. The number of urea groups is 1. The fraction of sp³-hybridized carbons (Fsp3) is 0.346. The van der Waals surface area contributed by atoms with Gasteiger partial charge in [0.15, 0.2) is 0 Å². The van der Waals surface area contributed by atoms with E-state index in [2.05, 4.69) is 17.4 Å². The van der Waals surface area contributed by atoms with Gasteiger partial charge in [-0.15, -0.1) is 11.3 Å². The van der Waals surface area contributed by atoms with Crippen LogP contribution in [0.15, 0.2) is 42.5 Å². The highest BCUT2D eigenvalue weighted by atomic mass is 35.5. The molecule has 2 aliphatic rings. The molecule has 5 nitrogen and oxygen atoms in total. The number of anilines is 1. The maximum Gasteiger partial charge on any atom is 0.322 e. The van der Waals surface area contributed by atoms with E-state index in [0.29, 0.717) is 28.8 Å². The molecule has 2 aromatic carbocycles. The van der Waals surface area contributed by atoms with Crippen LogP contribution in [0.3, 0.4) is 0 Å². The van der Waals surface area contributed by atoms with E-state index in [0.717, 1.165) is 24.8 Å². The van der Waals surface area contributed by atoms with E-state index >= 15 is 0 Å². The van der Waals surface area contributed by atoms with Gasteiger partial charge < -0.3 is 19.7 Å². The normalized spacial score (nSPS) is 17.2. The molecule has 1 aromatic heterocycles. The molecule has 0 spiro atoms. The number of methoxy groups -OCH3 is 2. The molecule has 0 bridgehead atoms. The number of amides is 2. The highest BCUT2D eigenvalue weighted by molar-refractivity contribution is 7.12. The van der Waals surface area contributed by atoms with E-state index in [1.54, 1.807) is 31.9 Å². The third-order valence-corrected chi connectivity index (χ3v) is 8.25. The third kappa shape index (κ3) is 4.06. The fourth-order valence-electron chi connectivity index (χ4n) is 4.98. The maximum absolute atomic E-state index is 13.6. The van der Waals surface area contributed by atoms with Crippen LogP contribution in [0.5, 0.6) is 11.5 Å². The maximum atomic E-state index is 13.6. The average molecular weight is 483 g/mol. The zero-order chi connectivity index (χ0) is 22.9. The molecule has 2 heterocycles. The Balaban J connectivity index is 1.52. The van der Waals surface area contributed by atoms with E-state index in [4.69, 9.17) is 21.1 Å². The number of aryl methyl sites for hydroxylation is 1. The van der Waals surface area contributed by atoms with Gasteiger partial charge in [-0.3, -0.25) is 0 Å².